The van der Waals surface area contributed by atoms with Crippen molar-refractivity contribution >= 4 is 21.8 Å². The molecular weight excluding hydrogens is 328 g/mol. The maximum atomic E-state index is 13.4. The highest BCUT2D eigenvalue weighted by molar-refractivity contribution is 9.09. The van der Waals surface area contributed by atoms with Crippen LogP contribution in [0.4, 0.5) is 8.78 Å². The number of alkyl halides is 1. The summed E-state index contributed by atoms with van der Waals surface area (Å²) < 4.78 is 26.8. The van der Waals surface area contributed by atoms with E-state index in [9.17, 15) is 13.6 Å². The Bertz CT molecular complexity index is 545. The van der Waals surface area contributed by atoms with E-state index in [1.54, 1.807) is 0 Å². The maximum Gasteiger partial charge on any atom is 0.233 e. The Hall–Kier alpha value is -0.970. The Labute approximate surface area is 125 Å². The van der Waals surface area contributed by atoms with Gasteiger partial charge < -0.3 is 4.90 Å². The van der Waals surface area contributed by atoms with Crippen LogP contribution in [0.3, 0.4) is 0 Å². The lowest BCUT2D eigenvalue weighted by molar-refractivity contribution is -0.131. The summed E-state index contributed by atoms with van der Waals surface area (Å²) in [6, 6.07) is 2.74. The normalized spacial score (nSPS) is 22.4. The minimum Gasteiger partial charge on any atom is -0.334 e. The van der Waals surface area contributed by atoms with Gasteiger partial charge in [0.2, 0.25) is 5.91 Å². The molecule has 1 aromatic carbocycles. The standard InChI is InChI=1S/C15H16BrF2NO/c16-7-15(20)19-8-11-6-13(18)12(17)5-10(11)3-4-14(19)9-1-2-9/h5-6,9,14H,1-4,7-8H2/t14-/m1/s1. The van der Waals surface area contributed by atoms with Gasteiger partial charge in [0.05, 0.1) is 5.33 Å². The smallest absolute Gasteiger partial charge is 0.233 e. The van der Waals surface area contributed by atoms with Crippen molar-refractivity contribution in [3.05, 3.63) is 34.9 Å². The van der Waals surface area contributed by atoms with Gasteiger partial charge in [-0.05, 0) is 54.9 Å². The molecule has 0 spiro atoms. The van der Waals surface area contributed by atoms with Crippen molar-refractivity contribution in [3.8, 4) is 0 Å². The van der Waals surface area contributed by atoms with E-state index in [1.165, 1.54) is 12.1 Å². The third kappa shape index (κ3) is 2.60. The fourth-order valence-corrected chi connectivity index (χ4v) is 3.41. The van der Waals surface area contributed by atoms with Crippen LogP contribution < -0.4 is 0 Å². The minimum absolute atomic E-state index is 0.0273. The third-order valence-electron chi connectivity index (χ3n) is 4.29. The van der Waals surface area contributed by atoms with Crippen LogP contribution in [0.5, 0.6) is 0 Å². The molecule has 5 heteroatoms. The molecule has 20 heavy (non-hydrogen) atoms. The molecule has 1 atom stereocenters. The van der Waals surface area contributed by atoms with Crippen LogP contribution in [0.2, 0.25) is 0 Å². The Morgan fingerprint density at radius 1 is 1.20 bits per heavy atom. The average molecular weight is 344 g/mol. The quantitative estimate of drug-likeness (QED) is 0.753. The van der Waals surface area contributed by atoms with Crippen molar-refractivity contribution in [1.29, 1.82) is 0 Å². The van der Waals surface area contributed by atoms with Gasteiger partial charge in [-0.25, -0.2) is 8.78 Å². The fraction of sp³-hybridized carbons (Fsp3) is 0.533. The number of benzene rings is 1. The summed E-state index contributed by atoms with van der Waals surface area (Å²) in [6.07, 6.45) is 3.84. The Balaban J connectivity index is 1.94. The summed E-state index contributed by atoms with van der Waals surface area (Å²) in [5.41, 5.74) is 1.57. The number of carbonyl (C=O) groups is 1. The van der Waals surface area contributed by atoms with Gasteiger partial charge in [-0.3, -0.25) is 4.79 Å². The highest BCUT2D eigenvalue weighted by Crippen LogP contribution is 2.40. The first-order valence-electron chi connectivity index (χ1n) is 6.92. The van der Waals surface area contributed by atoms with Crippen molar-refractivity contribution in [2.45, 2.75) is 38.3 Å². The second-order valence-corrected chi connectivity index (χ2v) is 6.19. The number of nitrogens with zero attached hydrogens (tertiary/aromatic N) is 1. The van der Waals surface area contributed by atoms with Crippen LogP contribution in [-0.2, 0) is 17.8 Å². The second kappa shape index (κ2) is 5.43. The molecule has 0 saturated heterocycles. The molecule has 108 valence electrons. The predicted molar refractivity (Wildman–Crippen MR) is 75.5 cm³/mol. The molecule has 0 bridgehead atoms. The van der Waals surface area contributed by atoms with Gasteiger partial charge in [-0.1, -0.05) is 15.9 Å². The van der Waals surface area contributed by atoms with Gasteiger partial charge in [0, 0.05) is 12.6 Å². The van der Waals surface area contributed by atoms with E-state index < -0.39 is 11.6 Å². The molecule has 2 nitrogen and oxygen atoms in total. The van der Waals surface area contributed by atoms with Crippen LogP contribution in [0, 0.1) is 17.6 Å². The molecule has 0 N–H and O–H groups in total. The second-order valence-electron chi connectivity index (χ2n) is 5.63. The first-order valence-corrected chi connectivity index (χ1v) is 8.04. The van der Waals surface area contributed by atoms with Crippen LogP contribution in [0.15, 0.2) is 12.1 Å². The van der Waals surface area contributed by atoms with Gasteiger partial charge in [-0.15, -0.1) is 0 Å². The van der Waals surface area contributed by atoms with E-state index in [2.05, 4.69) is 15.9 Å². The summed E-state index contributed by atoms with van der Waals surface area (Å²) in [7, 11) is 0. The first-order chi connectivity index (χ1) is 9.60. The number of amides is 1. The van der Waals surface area contributed by atoms with Crippen molar-refractivity contribution < 1.29 is 13.6 Å². The lowest BCUT2D eigenvalue weighted by atomic mass is 10.0. The van der Waals surface area contributed by atoms with Gasteiger partial charge in [0.25, 0.3) is 0 Å². The number of hydrogen-bond acceptors (Lipinski definition) is 1. The van der Waals surface area contributed by atoms with Crippen LogP contribution in [0.1, 0.15) is 30.4 Å². The minimum atomic E-state index is -0.833. The largest absolute Gasteiger partial charge is 0.334 e. The highest BCUT2D eigenvalue weighted by atomic mass is 79.9. The molecule has 0 aromatic heterocycles. The maximum absolute atomic E-state index is 13.4. The summed E-state index contributed by atoms with van der Waals surface area (Å²) in [4.78, 5) is 14.0. The zero-order valence-corrected chi connectivity index (χ0v) is 12.6. The Morgan fingerprint density at radius 3 is 2.45 bits per heavy atom. The van der Waals surface area contributed by atoms with Crippen molar-refractivity contribution in [2.24, 2.45) is 5.92 Å². The monoisotopic (exact) mass is 343 g/mol. The van der Waals surface area contributed by atoms with E-state index in [0.29, 0.717) is 18.9 Å². The molecule has 3 rings (SSSR count). The van der Waals surface area contributed by atoms with Crippen molar-refractivity contribution in [3.63, 3.8) is 0 Å². The SMILES string of the molecule is O=C(CBr)N1Cc2cc(F)c(F)cc2CC[C@@H]1C1CC1. The fourth-order valence-electron chi connectivity index (χ4n) is 3.09. The summed E-state index contributed by atoms with van der Waals surface area (Å²) in [6.45, 7) is 0.387. The molecule has 2 aliphatic rings. The highest BCUT2D eigenvalue weighted by Gasteiger charge is 2.38. The number of hydrogen-bond donors (Lipinski definition) is 0. The van der Waals surface area contributed by atoms with E-state index in [0.717, 1.165) is 30.4 Å². The topological polar surface area (TPSA) is 20.3 Å². The lowest BCUT2D eigenvalue weighted by Crippen LogP contribution is -2.41. The molecule has 0 unspecified atom stereocenters. The van der Waals surface area contributed by atoms with Crippen molar-refractivity contribution in [1.82, 2.24) is 4.90 Å². The summed E-state index contributed by atoms with van der Waals surface area (Å²) in [5, 5.41) is 0.273. The van der Waals surface area contributed by atoms with Crippen LogP contribution >= 0.6 is 15.9 Å². The molecule has 1 aromatic rings. The first kappa shape index (κ1) is 14.0. The molecule has 0 radical (unpaired) electrons. The number of fused-ring (bicyclic) bond motifs is 1. The van der Waals surface area contributed by atoms with E-state index >= 15 is 0 Å². The van der Waals surface area contributed by atoms with E-state index in [4.69, 9.17) is 0 Å². The summed E-state index contributed by atoms with van der Waals surface area (Å²) in [5.74, 6) is -1.05. The number of aryl methyl sites for hydroxylation is 1. The lowest BCUT2D eigenvalue weighted by Gasteiger charge is -2.30. The third-order valence-corrected chi connectivity index (χ3v) is 4.77. The number of halogens is 3. The molecule has 1 aliphatic carbocycles. The Kier molecular flexibility index (Phi) is 3.80. The van der Waals surface area contributed by atoms with Gasteiger partial charge >= 0.3 is 0 Å². The Morgan fingerprint density at radius 2 is 1.85 bits per heavy atom. The zero-order valence-electron chi connectivity index (χ0n) is 11.0. The molecule has 1 saturated carbocycles. The molecular formula is C15H16BrF2NO. The van der Waals surface area contributed by atoms with Crippen molar-refractivity contribution in [2.75, 3.05) is 5.33 Å². The van der Waals surface area contributed by atoms with Crippen LogP contribution in [0.25, 0.3) is 0 Å². The average Bonchev–Trinajstić information content (AvgIpc) is 3.25. The summed E-state index contributed by atoms with van der Waals surface area (Å²) >= 11 is 3.21. The van der Waals surface area contributed by atoms with Gasteiger partial charge in [0.1, 0.15) is 0 Å². The molecule has 1 aliphatic heterocycles. The zero-order chi connectivity index (χ0) is 14.3. The predicted octanol–water partition coefficient (Wildman–Crippen LogP) is 3.41. The van der Waals surface area contributed by atoms with E-state index in [-0.39, 0.29) is 17.3 Å². The van der Waals surface area contributed by atoms with Crippen LogP contribution in [-0.4, -0.2) is 22.2 Å². The molecule has 1 heterocycles. The number of rotatable bonds is 2. The van der Waals surface area contributed by atoms with Gasteiger partial charge in [0.15, 0.2) is 11.6 Å². The van der Waals surface area contributed by atoms with Gasteiger partial charge in [-0.2, -0.15) is 0 Å². The van der Waals surface area contributed by atoms with E-state index in [1.807, 2.05) is 4.90 Å². The molecule has 1 amide bonds. The number of carbonyl (C=O) groups excluding carboxylic acids is 1. The molecule has 1 fully saturated rings.